The Balaban J connectivity index is 1.10. The maximum atomic E-state index is 13.8. The number of ether oxygens (including phenoxy) is 1. The van der Waals surface area contributed by atoms with Gasteiger partial charge in [-0.3, -0.25) is 14.2 Å². The number of anilines is 1. The number of halogens is 1. The Kier molecular flexibility index (Phi) is 9.95. The highest BCUT2D eigenvalue weighted by molar-refractivity contribution is 7.99. The first-order chi connectivity index (χ1) is 20.0. The van der Waals surface area contributed by atoms with Crippen LogP contribution in [0.5, 0.6) is 5.75 Å². The van der Waals surface area contributed by atoms with E-state index in [4.69, 9.17) is 15.5 Å². The van der Waals surface area contributed by atoms with Crippen LogP contribution < -0.4 is 21.3 Å². The molecule has 0 radical (unpaired) electrons. The molecule has 3 N–H and O–H groups in total. The van der Waals surface area contributed by atoms with E-state index < -0.39 is 0 Å². The zero-order chi connectivity index (χ0) is 28.6. The summed E-state index contributed by atoms with van der Waals surface area (Å²) >= 11 is 1.68. The summed E-state index contributed by atoms with van der Waals surface area (Å²) in [6.45, 7) is 2.88. The Morgan fingerprint density at radius 1 is 1.07 bits per heavy atom. The van der Waals surface area contributed by atoms with Crippen molar-refractivity contribution in [2.75, 3.05) is 32.0 Å². The molecular weight excluding hydrogens is 541 g/mol. The molecule has 10 heteroatoms. The van der Waals surface area contributed by atoms with Gasteiger partial charge in [0, 0.05) is 36.9 Å². The maximum Gasteiger partial charge on any atom is 0.264 e. The third-order valence-corrected chi connectivity index (χ3v) is 8.91. The molecule has 1 saturated carbocycles. The standard InChI is InChI=1S/C31H38FN5O3S/c32-22-7-13-25(14-8-22)40-20-3-1-2-17-34-18-15-29(38)36-19-16-28-27(21-36)30(39)37(24-11-9-23(33)10-12-24)31(35-28)41-26-5-4-6-26/h7-14,26,34H,1-6,15-21,33H2. The molecule has 2 aliphatic rings. The van der Waals surface area contributed by atoms with Gasteiger partial charge in [-0.05, 0) is 87.2 Å². The number of fused-ring (bicyclic) bond motifs is 1. The van der Waals surface area contributed by atoms with Gasteiger partial charge < -0.3 is 20.7 Å². The summed E-state index contributed by atoms with van der Waals surface area (Å²) in [5, 5.41) is 4.57. The molecule has 2 aromatic carbocycles. The molecule has 3 aromatic rings. The molecule has 0 saturated heterocycles. The number of aromatic nitrogens is 2. The third-order valence-electron chi connectivity index (χ3n) is 7.62. The van der Waals surface area contributed by atoms with E-state index in [1.807, 2.05) is 12.1 Å². The number of hydrogen-bond donors (Lipinski definition) is 2. The Morgan fingerprint density at radius 3 is 2.59 bits per heavy atom. The fourth-order valence-corrected chi connectivity index (χ4v) is 6.29. The van der Waals surface area contributed by atoms with Crippen molar-refractivity contribution in [3.8, 4) is 11.4 Å². The predicted molar refractivity (Wildman–Crippen MR) is 160 cm³/mol. The number of nitrogens with two attached hydrogens (primary N) is 1. The second-order valence-electron chi connectivity index (χ2n) is 10.7. The van der Waals surface area contributed by atoms with Gasteiger partial charge in [-0.1, -0.05) is 18.2 Å². The second-order valence-corrected chi connectivity index (χ2v) is 11.9. The molecule has 1 amide bonds. The number of nitrogens with one attached hydrogen (secondary N) is 1. The van der Waals surface area contributed by atoms with Gasteiger partial charge in [0.2, 0.25) is 5.91 Å². The molecule has 0 unspecified atom stereocenters. The third kappa shape index (κ3) is 7.68. The molecule has 1 fully saturated rings. The minimum atomic E-state index is -0.270. The number of nitrogens with zero attached hydrogens (tertiary/aromatic N) is 3. The molecule has 0 bridgehead atoms. The first-order valence-corrected chi connectivity index (χ1v) is 15.4. The van der Waals surface area contributed by atoms with Crippen LogP contribution in [0.2, 0.25) is 0 Å². The Labute approximate surface area is 244 Å². The van der Waals surface area contributed by atoms with E-state index in [0.717, 1.165) is 55.2 Å². The SMILES string of the molecule is Nc1ccc(-n2c(SC3CCC3)nc3c(c2=O)CN(C(=O)CCNCCCCCOc2ccc(F)cc2)CC3)cc1. The normalized spacial score (nSPS) is 14.9. The number of carbonyl (C=O) groups is 1. The average molecular weight is 580 g/mol. The lowest BCUT2D eigenvalue weighted by atomic mass is 10.0. The van der Waals surface area contributed by atoms with E-state index in [0.29, 0.717) is 54.8 Å². The minimum absolute atomic E-state index is 0.0437. The molecule has 8 nitrogen and oxygen atoms in total. The van der Waals surface area contributed by atoms with Gasteiger partial charge >= 0.3 is 0 Å². The van der Waals surface area contributed by atoms with Crippen molar-refractivity contribution < 1.29 is 13.9 Å². The van der Waals surface area contributed by atoms with E-state index in [1.165, 1.54) is 18.6 Å². The summed E-state index contributed by atoms with van der Waals surface area (Å²) in [5.41, 5.74) is 8.60. The number of amides is 1. The lowest BCUT2D eigenvalue weighted by Gasteiger charge is -2.30. The number of nitrogen functional groups attached to an aromatic ring is 1. The van der Waals surface area contributed by atoms with Gasteiger partial charge in [0.15, 0.2) is 5.16 Å². The number of rotatable bonds is 13. The molecule has 0 spiro atoms. The molecule has 2 heterocycles. The number of benzene rings is 2. The van der Waals surface area contributed by atoms with Gasteiger partial charge in [0.25, 0.3) is 5.56 Å². The largest absolute Gasteiger partial charge is 0.494 e. The summed E-state index contributed by atoms with van der Waals surface area (Å²) < 4.78 is 20.3. The van der Waals surface area contributed by atoms with Gasteiger partial charge in [0.1, 0.15) is 11.6 Å². The van der Waals surface area contributed by atoms with Gasteiger partial charge in [-0.25, -0.2) is 9.37 Å². The van der Waals surface area contributed by atoms with Crippen LogP contribution in [0, 0.1) is 5.82 Å². The Morgan fingerprint density at radius 2 is 1.85 bits per heavy atom. The number of carbonyl (C=O) groups excluding carboxylic acids is 1. The van der Waals surface area contributed by atoms with Crippen molar-refractivity contribution in [3.05, 3.63) is 76.0 Å². The number of unbranched alkanes of at least 4 members (excludes halogenated alkanes) is 2. The van der Waals surface area contributed by atoms with E-state index in [9.17, 15) is 14.0 Å². The van der Waals surface area contributed by atoms with Gasteiger partial charge in [0.05, 0.1) is 30.1 Å². The van der Waals surface area contributed by atoms with Crippen molar-refractivity contribution >= 4 is 23.4 Å². The predicted octanol–water partition coefficient (Wildman–Crippen LogP) is 4.71. The Bertz CT molecular complexity index is 1380. The first kappa shape index (κ1) is 29.1. The highest BCUT2D eigenvalue weighted by atomic mass is 32.2. The smallest absolute Gasteiger partial charge is 0.264 e. The molecule has 5 rings (SSSR count). The van der Waals surface area contributed by atoms with Crippen LogP contribution in [0.25, 0.3) is 5.69 Å². The molecule has 1 aromatic heterocycles. The van der Waals surface area contributed by atoms with Crippen molar-refractivity contribution in [3.63, 3.8) is 0 Å². The summed E-state index contributed by atoms with van der Waals surface area (Å²) in [7, 11) is 0. The Hall–Kier alpha value is -3.37. The van der Waals surface area contributed by atoms with Crippen LogP contribution in [0.1, 0.15) is 56.2 Å². The lowest BCUT2D eigenvalue weighted by molar-refractivity contribution is -0.132. The molecule has 218 valence electrons. The molecular formula is C31H38FN5O3S. The number of hydrogen-bond acceptors (Lipinski definition) is 7. The summed E-state index contributed by atoms with van der Waals surface area (Å²) in [6.07, 6.45) is 7.36. The maximum absolute atomic E-state index is 13.8. The van der Waals surface area contributed by atoms with Crippen molar-refractivity contribution in [2.24, 2.45) is 0 Å². The zero-order valence-corrected chi connectivity index (χ0v) is 24.1. The van der Waals surface area contributed by atoms with Crippen molar-refractivity contribution in [1.82, 2.24) is 19.8 Å². The van der Waals surface area contributed by atoms with Crippen LogP contribution in [0.15, 0.2) is 58.5 Å². The summed E-state index contributed by atoms with van der Waals surface area (Å²) in [4.78, 5) is 33.5. The van der Waals surface area contributed by atoms with Crippen LogP contribution in [-0.2, 0) is 17.8 Å². The van der Waals surface area contributed by atoms with E-state index in [2.05, 4.69) is 5.32 Å². The van der Waals surface area contributed by atoms with E-state index in [-0.39, 0.29) is 23.8 Å². The molecule has 1 aliphatic heterocycles. The summed E-state index contributed by atoms with van der Waals surface area (Å²) in [6, 6.07) is 13.3. The topological polar surface area (TPSA) is 102 Å². The summed E-state index contributed by atoms with van der Waals surface area (Å²) in [5.74, 6) is 0.451. The zero-order valence-electron chi connectivity index (χ0n) is 23.3. The van der Waals surface area contributed by atoms with Gasteiger partial charge in [-0.15, -0.1) is 0 Å². The van der Waals surface area contributed by atoms with Gasteiger partial charge in [-0.2, -0.15) is 0 Å². The average Bonchev–Trinajstić information content (AvgIpc) is 2.95. The fourth-order valence-electron chi connectivity index (χ4n) is 4.96. The highest BCUT2D eigenvalue weighted by Gasteiger charge is 2.28. The second kappa shape index (κ2) is 14.0. The minimum Gasteiger partial charge on any atom is -0.494 e. The highest BCUT2D eigenvalue weighted by Crippen LogP contribution is 2.36. The van der Waals surface area contributed by atoms with Crippen LogP contribution >= 0.6 is 11.8 Å². The quantitative estimate of drug-likeness (QED) is 0.172. The van der Waals surface area contributed by atoms with E-state index in [1.54, 1.807) is 45.5 Å². The lowest BCUT2D eigenvalue weighted by Crippen LogP contribution is -2.42. The first-order valence-electron chi connectivity index (χ1n) is 14.5. The van der Waals surface area contributed by atoms with Crippen LogP contribution in [0.3, 0.4) is 0 Å². The van der Waals surface area contributed by atoms with Crippen LogP contribution in [0.4, 0.5) is 10.1 Å². The number of thioether (sulfide) groups is 1. The monoisotopic (exact) mass is 579 g/mol. The molecule has 0 atom stereocenters. The fraction of sp³-hybridized carbons (Fsp3) is 0.452. The van der Waals surface area contributed by atoms with E-state index >= 15 is 0 Å². The molecule has 1 aliphatic carbocycles. The van der Waals surface area contributed by atoms with Crippen molar-refractivity contribution in [2.45, 2.75) is 68.3 Å². The molecule has 41 heavy (non-hydrogen) atoms. The van der Waals surface area contributed by atoms with Crippen molar-refractivity contribution in [1.29, 1.82) is 0 Å². The van der Waals surface area contributed by atoms with Crippen LogP contribution in [-0.4, -0.2) is 51.8 Å².